The molecule has 127 heavy (non-hydrogen) atoms. The first-order valence-corrected chi connectivity index (χ1v) is 48.8. The van der Waals surface area contributed by atoms with Gasteiger partial charge in [-0.15, -0.1) is 73.8 Å². The Morgan fingerprint density at radius 1 is 0.386 bits per heavy atom. The number of benzene rings is 7. The molecule has 5 aliphatic heterocycles. The summed E-state index contributed by atoms with van der Waals surface area (Å²) < 4.78 is 42.3. The molecule has 12 atom stereocenters. The highest BCUT2D eigenvalue weighted by molar-refractivity contribution is 7.99. The fourth-order valence-electron chi connectivity index (χ4n) is 20.5. The summed E-state index contributed by atoms with van der Waals surface area (Å²) in [6, 6.07) is 56.1. The molecule has 0 radical (unpaired) electrons. The number of fused-ring (bicyclic) bond motifs is 1. The van der Waals surface area contributed by atoms with Crippen molar-refractivity contribution in [2.75, 3.05) is 118 Å². The fourth-order valence-corrected chi connectivity index (χ4v) is 22.7. The first kappa shape index (κ1) is 109. The Morgan fingerprint density at radius 3 is 1.18 bits per heavy atom. The van der Waals surface area contributed by atoms with Crippen LogP contribution in [-0.2, 0) is 59.0 Å². The number of ether oxygens (including phenoxy) is 7. The number of aliphatic hydroxyl groups excluding tert-OH is 2. The third-order valence-corrected chi connectivity index (χ3v) is 29.5. The van der Waals surface area contributed by atoms with E-state index >= 15 is 0 Å². The lowest BCUT2D eigenvalue weighted by molar-refractivity contribution is -0.118. The SMILES string of the molecule is COc1ccc(CCO[C@H]2CCCCC2N2CCC(O)C2)cc1OC.Cl.Cl.Cl.Cl.Cl.Clc1cccc(Cl)c1CCOC1CCCC[C@H]1N1CCSC1.O=C1CCN([C@@H]2CCCCC2OCC(c2ccccc2)c2ccccc2)C1.O=C1CCN([C@@H]2CCCC[C@@H]2OCCc2cccc3ccccc23)C1.OC1CCN([C@@H]2CCCCC2OCCc2c(Cl)cccc2Cl)C1. The molecule has 0 amide bonds. The molecular weight excluding hydrogens is 1810 g/mol. The van der Waals surface area contributed by atoms with Crippen LogP contribution in [-0.4, -0.2) is 237 Å². The molecule has 7 aromatic carbocycles. The van der Waals surface area contributed by atoms with E-state index in [1.165, 1.54) is 148 Å². The Balaban J connectivity index is 0.000000195. The summed E-state index contributed by atoms with van der Waals surface area (Å²) >= 11 is 26.9. The van der Waals surface area contributed by atoms with Gasteiger partial charge in [-0.3, -0.25) is 34.1 Å². The topological polar surface area (TPSA) is 155 Å². The summed E-state index contributed by atoms with van der Waals surface area (Å²) in [4.78, 5) is 35.6. The van der Waals surface area contributed by atoms with E-state index in [4.69, 9.17) is 79.6 Å². The van der Waals surface area contributed by atoms with Gasteiger partial charge in [0.05, 0.1) is 103 Å². The Bertz CT molecular complexity index is 4220. The number of thioether (sulfide) groups is 1. The van der Waals surface area contributed by atoms with Crippen LogP contribution in [0, 0.1) is 0 Å². The Kier molecular flexibility index (Phi) is 49.4. The predicted molar refractivity (Wildman–Crippen MR) is 533 cm³/mol. The van der Waals surface area contributed by atoms with Gasteiger partial charge >= 0.3 is 0 Å². The van der Waals surface area contributed by atoms with Crippen LogP contribution < -0.4 is 9.47 Å². The largest absolute Gasteiger partial charge is 0.493 e. The van der Waals surface area contributed by atoms with Crippen molar-refractivity contribution in [3.05, 3.63) is 211 Å². The normalized spacial score (nSPS) is 25.2. The van der Waals surface area contributed by atoms with Crippen LogP contribution >= 0.6 is 120 Å². The molecule has 7 aromatic rings. The maximum Gasteiger partial charge on any atom is 0.160 e. The van der Waals surface area contributed by atoms with E-state index in [1.54, 1.807) is 14.2 Å². The summed E-state index contributed by atoms with van der Waals surface area (Å²) in [5, 5.41) is 25.2. The van der Waals surface area contributed by atoms with Crippen molar-refractivity contribution >= 4 is 143 Å². The fraction of sp³-hybridized carbons (Fsp3) is 0.584. The Labute approximate surface area is 812 Å². The quantitative estimate of drug-likeness (QED) is 0.0477. The predicted octanol–water partition coefficient (Wildman–Crippen LogP) is 22.0. The summed E-state index contributed by atoms with van der Waals surface area (Å²) in [7, 11) is 3.31. The van der Waals surface area contributed by atoms with Gasteiger partial charge in [-0.05, 0) is 183 Å². The van der Waals surface area contributed by atoms with Gasteiger partial charge in [0, 0.05) is 127 Å². The molecule has 16 nitrogen and oxygen atoms in total. The van der Waals surface area contributed by atoms with Gasteiger partial charge in [0.2, 0.25) is 0 Å². The van der Waals surface area contributed by atoms with Crippen LogP contribution in [0.15, 0.2) is 158 Å². The lowest BCUT2D eigenvalue weighted by Gasteiger charge is -2.38. The first-order valence-electron chi connectivity index (χ1n) is 46.1. The third kappa shape index (κ3) is 32.5. The average molecular weight is 1950 g/mol. The average Bonchev–Trinajstić information content (AvgIpc) is 1.74. The molecular formula is C101H140Cl9N5O11S. The van der Waals surface area contributed by atoms with E-state index in [1.807, 2.05) is 60.3 Å². The zero-order valence-electron chi connectivity index (χ0n) is 74.4. The molecule has 5 heterocycles. The molecule has 704 valence electrons. The number of methoxy groups -OCH3 is 2. The van der Waals surface area contributed by atoms with Gasteiger partial charge in [-0.25, -0.2) is 0 Å². The lowest BCUT2D eigenvalue weighted by atomic mass is 9.90. The number of halogens is 9. The van der Waals surface area contributed by atoms with E-state index in [-0.39, 0.29) is 98.5 Å². The molecule has 5 aliphatic carbocycles. The van der Waals surface area contributed by atoms with Crippen LogP contribution in [0.4, 0.5) is 0 Å². The zero-order valence-corrected chi connectivity index (χ0v) is 82.3. The summed E-state index contributed by atoms with van der Waals surface area (Å²) in [5.74, 6) is 4.97. The second-order valence-corrected chi connectivity index (χ2v) is 37.8. The van der Waals surface area contributed by atoms with E-state index < -0.39 is 0 Å². The number of carbonyl (C=O) groups is 2. The second-order valence-electron chi connectivity index (χ2n) is 35.1. The maximum absolute atomic E-state index is 11.8. The van der Waals surface area contributed by atoms with E-state index in [2.05, 4.69) is 134 Å². The molecule has 5 saturated heterocycles. The molecule has 0 spiro atoms. The molecule has 26 heteroatoms. The number of β-amino-alcohol motifs (C(OH)–C–C–N with tert-alkyl or cyclic N) is 2. The van der Waals surface area contributed by atoms with Crippen molar-refractivity contribution in [3.8, 4) is 11.5 Å². The highest BCUT2D eigenvalue weighted by atomic mass is 35.5. The second kappa shape index (κ2) is 57.8. The molecule has 0 aromatic heterocycles. The third-order valence-electron chi connectivity index (χ3n) is 27.1. The number of hydrogen-bond acceptors (Lipinski definition) is 17. The monoisotopic (exact) mass is 1950 g/mol. The minimum atomic E-state index is -0.167. The summed E-state index contributed by atoms with van der Waals surface area (Å²) in [6.45, 7) is 11.4. The number of nitrogens with zero attached hydrogens (tertiary/aromatic N) is 5. The lowest BCUT2D eigenvalue weighted by Crippen LogP contribution is -2.46. The van der Waals surface area contributed by atoms with Crippen molar-refractivity contribution in [1.29, 1.82) is 0 Å². The first-order chi connectivity index (χ1) is 59.7. The van der Waals surface area contributed by atoms with Crippen LogP contribution in [0.25, 0.3) is 10.8 Å². The molecule has 2 N–H and O–H groups in total. The molecule has 6 unspecified atom stereocenters. The van der Waals surface area contributed by atoms with Gasteiger partial charge < -0.3 is 43.4 Å². The number of ketones is 2. The standard InChI is InChI=1S/C24H29NO2.C22H27NO2.C20H31NO4.C18H25Cl2NO2.C17H23Cl2NOS.5ClH/c26-21-15-16-25(17-21)23-13-7-8-14-24(23)27-18-22(19-9-3-1-4-10-19)20-11-5-2-6-12-20;24-19-12-14-23(16-19)21-10-3-4-11-22(21)25-15-13-18-8-5-7-17-6-1-2-9-20(17)18;1-23-19-8-7-15(13-20(19)24-2)10-12-25-18-6-4-3-5-17(18)21-11-9-16(22)14-21;19-15-4-3-5-16(20)14(15)9-11-23-18-7-2-1-6-17(18)21-10-8-13(22)12-21;18-14-4-3-5-15(19)13(14)8-10-21-17-7-2-1-6-16(17)20-9-11-22-12-20;;;;;/h1-6,9-12,22-24H,7-8,13-18H2;1-2,5-9,21-22H,3-4,10-16H2;7-8,13,16-18,22H,3-6,9-12,14H2,1-2H3;3-5,13,17-18,22H,1-2,6-12H2;3-5,16-17H,1-2,6-12H2;5*1H/t23-,24?;21-,22+;16?,17?,18-;13?,17-,18?;16-,17?;;;;;/m11011...../s1. The number of Topliss-reactive ketones (excluding diaryl/α,β-unsaturated/α-hetero) is 2. The molecule has 10 fully saturated rings. The van der Waals surface area contributed by atoms with E-state index in [0.717, 1.165) is 156 Å². The number of likely N-dealkylation sites (tertiary alicyclic amines) is 4. The molecule has 17 rings (SSSR count). The molecule has 5 saturated carbocycles. The van der Waals surface area contributed by atoms with Crippen molar-refractivity contribution in [2.45, 2.75) is 259 Å². The summed E-state index contributed by atoms with van der Waals surface area (Å²) in [6.07, 6.45) is 31.9. The van der Waals surface area contributed by atoms with Crippen molar-refractivity contribution in [1.82, 2.24) is 24.5 Å². The van der Waals surface area contributed by atoms with Crippen molar-refractivity contribution in [3.63, 3.8) is 0 Å². The van der Waals surface area contributed by atoms with Crippen LogP contribution in [0.1, 0.15) is 193 Å². The number of rotatable bonds is 28. The van der Waals surface area contributed by atoms with Crippen molar-refractivity contribution in [2.24, 2.45) is 0 Å². The van der Waals surface area contributed by atoms with Crippen LogP contribution in [0.3, 0.4) is 0 Å². The van der Waals surface area contributed by atoms with Gasteiger partial charge in [-0.1, -0.05) is 232 Å². The highest BCUT2D eigenvalue weighted by Crippen LogP contribution is 2.38. The zero-order chi connectivity index (χ0) is 84.8. The minimum absolute atomic E-state index is 0. The summed E-state index contributed by atoms with van der Waals surface area (Å²) in [5.41, 5.74) is 7.14. The maximum atomic E-state index is 11.8. The van der Waals surface area contributed by atoms with E-state index in [0.29, 0.717) is 110 Å². The number of carbonyl (C=O) groups excluding carboxylic acids is 2. The Morgan fingerprint density at radius 2 is 0.772 bits per heavy atom. The van der Waals surface area contributed by atoms with Gasteiger partial charge in [-0.2, -0.15) is 0 Å². The van der Waals surface area contributed by atoms with E-state index in [9.17, 15) is 19.8 Å². The Hall–Kier alpha value is -3.78. The van der Waals surface area contributed by atoms with Gasteiger partial charge in [0.25, 0.3) is 0 Å². The highest BCUT2D eigenvalue weighted by Gasteiger charge is 2.40. The molecule has 0 bridgehead atoms. The van der Waals surface area contributed by atoms with Crippen LogP contribution in [0.2, 0.25) is 20.1 Å². The van der Waals surface area contributed by atoms with Gasteiger partial charge in [0.15, 0.2) is 11.5 Å². The minimum Gasteiger partial charge on any atom is -0.493 e. The number of hydrogen-bond donors (Lipinski definition) is 2. The smallest absolute Gasteiger partial charge is 0.160 e. The van der Waals surface area contributed by atoms with Crippen LogP contribution in [0.5, 0.6) is 11.5 Å². The molecule has 10 aliphatic rings. The van der Waals surface area contributed by atoms with Crippen molar-refractivity contribution < 1.29 is 53.0 Å². The van der Waals surface area contributed by atoms with Gasteiger partial charge in [0.1, 0.15) is 11.6 Å². The number of aliphatic hydroxyl groups is 2.